The van der Waals surface area contributed by atoms with Gasteiger partial charge in [0.1, 0.15) is 0 Å². The summed E-state index contributed by atoms with van der Waals surface area (Å²) in [5, 5.41) is 0.112. The van der Waals surface area contributed by atoms with Crippen molar-refractivity contribution < 1.29 is 22.4 Å². The first-order valence-electron chi connectivity index (χ1n) is 14.2. The third-order valence-electron chi connectivity index (χ3n) is 10.0. The second-order valence-electron chi connectivity index (χ2n) is 13.3. The number of rotatable bonds is 5. The van der Waals surface area contributed by atoms with Crippen molar-refractivity contribution in [1.29, 1.82) is 0 Å². The minimum absolute atomic E-state index is 0.0359. The van der Waals surface area contributed by atoms with Gasteiger partial charge in [0.05, 0.1) is 12.0 Å². The highest BCUT2D eigenvalue weighted by atomic mass is 32.2. The highest BCUT2D eigenvalue weighted by Gasteiger charge is 2.57. The average molecular weight is 562 g/mol. The molecule has 0 radical (unpaired) electrons. The first kappa shape index (κ1) is 29.5. The largest absolute Gasteiger partial charge is 0.466 e. The van der Waals surface area contributed by atoms with Crippen molar-refractivity contribution in [2.24, 2.45) is 17.3 Å². The van der Waals surface area contributed by atoms with Gasteiger partial charge >= 0.3 is 5.97 Å². The zero-order valence-corrected chi connectivity index (χ0v) is 26.2. The van der Waals surface area contributed by atoms with Gasteiger partial charge in [-0.2, -0.15) is 4.31 Å². The summed E-state index contributed by atoms with van der Waals surface area (Å²) in [4.78, 5) is 12.8. The van der Waals surface area contributed by atoms with Crippen LogP contribution < -0.4 is 0 Å². The molecule has 8 heteroatoms. The Balaban J connectivity index is 1.63. The molecule has 1 heterocycles. The fourth-order valence-corrected chi connectivity index (χ4v) is 9.74. The van der Waals surface area contributed by atoms with E-state index in [4.69, 9.17) is 9.16 Å². The molecule has 0 unspecified atom stereocenters. The van der Waals surface area contributed by atoms with Crippen LogP contribution in [0.1, 0.15) is 71.3 Å². The lowest BCUT2D eigenvalue weighted by Gasteiger charge is -2.45. The summed E-state index contributed by atoms with van der Waals surface area (Å²) in [5.74, 6) is 0.490. The second kappa shape index (κ2) is 10.8. The van der Waals surface area contributed by atoms with Crippen molar-refractivity contribution in [1.82, 2.24) is 4.31 Å². The minimum atomic E-state index is -3.54. The van der Waals surface area contributed by atoms with Crippen molar-refractivity contribution in [2.45, 2.75) is 102 Å². The van der Waals surface area contributed by atoms with E-state index in [0.29, 0.717) is 29.8 Å². The first-order chi connectivity index (χ1) is 17.7. The zero-order valence-electron chi connectivity index (χ0n) is 24.4. The van der Waals surface area contributed by atoms with Crippen LogP contribution in [0.3, 0.4) is 0 Å². The van der Waals surface area contributed by atoms with E-state index >= 15 is 0 Å². The molecule has 0 aromatic heterocycles. The summed E-state index contributed by atoms with van der Waals surface area (Å²) < 4.78 is 41.0. The Morgan fingerprint density at radius 3 is 2.39 bits per heavy atom. The van der Waals surface area contributed by atoms with E-state index in [0.717, 1.165) is 56.1 Å². The molecule has 0 amide bonds. The van der Waals surface area contributed by atoms with Crippen LogP contribution in [-0.2, 0) is 24.0 Å². The minimum Gasteiger partial charge on any atom is -0.466 e. The van der Waals surface area contributed by atoms with Gasteiger partial charge in [-0.15, -0.1) is 0 Å². The summed E-state index contributed by atoms with van der Waals surface area (Å²) >= 11 is 0. The normalized spacial score (nSPS) is 29.3. The summed E-state index contributed by atoms with van der Waals surface area (Å²) in [6.45, 7) is 14.5. The molecule has 38 heavy (non-hydrogen) atoms. The van der Waals surface area contributed by atoms with E-state index in [1.165, 1.54) is 7.11 Å². The van der Waals surface area contributed by atoms with Crippen LogP contribution in [0.5, 0.6) is 0 Å². The molecule has 1 saturated carbocycles. The molecular weight excluding hydrogens is 514 g/mol. The third-order valence-corrected chi connectivity index (χ3v) is 16.5. The predicted octanol–water partition coefficient (Wildman–Crippen LogP) is 6.47. The maximum absolute atomic E-state index is 13.6. The van der Waals surface area contributed by atoms with Crippen molar-refractivity contribution in [3.8, 4) is 0 Å². The molecule has 0 bridgehead atoms. The lowest BCUT2D eigenvalue weighted by atomic mass is 9.61. The molecule has 3 aliphatic rings. The number of hydrogen-bond donors (Lipinski definition) is 0. The molecule has 212 valence electrons. The molecule has 2 fully saturated rings. The van der Waals surface area contributed by atoms with Crippen LogP contribution in [0.25, 0.3) is 0 Å². The van der Waals surface area contributed by atoms with Crippen LogP contribution in [-0.4, -0.2) is 53.3 Å². The fraction of sp³-hybridized carbons (Fsp3) is 0.700. The maximum Gasteiger partial charge on any atom is 0.333 e. The number of allylic oxidation sites excluding steroid dienone is 1. The summed E-state index contributed by atoms with van der Waals surface area (Å²) in [6, 6.07) is 7.19. The molecule has 1 aliphatic heterocycles. The molecule has 1 saturated heterocycles. The summed E-state index contributed by atoms with van der Waals surface area (Å²) in [7, 11) is -4.09. The van der Waals surface area contributed by atoms with E-state index in [9.17, 15) is 13.2 Å². The molecule has 1 aromatic carbocycles. The second-order valence-corrected chi connectivity index (χ2v) is 20.0. The van der Waals surface area contributed by atoms with Crippen LogP contribution in [0.2, 0.25) is 18.1 Å². The molecule has 1 aromatic rings. The van der Waals surface area contributed by atoms with E-state index < -0.39 is 18.3 Å². The molecular formula is C30H47NO5SSi. The lowest BCUT2D eigenvalue weighted by Crippen LogP contribution is -2.46. The van der Waals surface area contributed by atoms with Crippen LogP contribution >= 0.6 is 0 Å². The van der Waals surface area contributed by atoms with Gasteiger partial charge in [0.2, 0.25) is 10.0 Å². The SMILES string of the molecule is COC(=O)C1=CC[C@]23CCCN(S(=O)(=O)c4ccc(C)cc4)CCC[C@H]2[C@H](O[Si](C)(C)C(C)(C)C)C[C@@H]3C1. The van der Waals surface area contributed by atoms with Crippen molar-refractivity contribution >= 4 is 24.3 Å². The van der Waals surface area contributed by atoms with Crippen molar-refractivity contribution in [2.75, 3.05) is 20.2 Å². The number of ether oxygens (including phenoxy) is 1. The Morgan fingerprint density at radius 2 is 1.76 bits per heavy atom. The number of carbonyl (C=O) groups is 1. The fourth-order valence-electron chi connectivity index (χ4n) is 6.85. The van der Waals surface area contributed by atoms with E-state index in [2.05, 4.69) is 39.9 Å². The van der Waals surface area contributed by atoms with Gasteiger partial charge in [-0.25, -0.2) is 13.2 Å². The van der Waals surface area contributed by atoms with Crippen LogP contribution in [0.4, 0.5) is 0 Å². The monoisotopic (exact) mass is 561 g/mol. The van der Waals surface area contributed by atoms with Crippen LogP contribution in [0.15, 0.2) is 40.8 Å². The summed E-state index contributed by atoms with van der Waals surface area (Å²) in [5.41, 5.74) is 1.88. The first-order valence-corrected chi connectivity index (χ1v) is 18.6. The van der Waals surface area contributed by atoms with E-state index in [-0.39, 0.29) is 22.5 Å². The Labute approximate surface area is 231 Å². The smallest absolute Gasteiger partial charge is 0.333 e. The number of benzene rings is 1. The quantitative estimate of drug-likeness (QED) is 0.304. The highest BCUT2D eigenvalue weighted by Crippen LogP contribution is 2.61. The zero-order chi connectivity index (χ0) is 27.9. The van der Waals surface area contributed by atoms with Gasteiger partial charge in [-0.1, -0.05) is 44.5 Å². The average Bonchev–Trinajstić information content (AvgIpc) is 3.17. The van der Waals surface area contributed by atoms with Gasteiger partial charge in [0.15, 0.2) is 8.32 Å². The topological polar surface area (TPSA) is 72.9 Å². The lowest BCUT2D eigenvalue weighted by molar-refractivity contribution is -0.136. The number of esters is 1. The molecule has 4 rings (SSSR count). The molecule has 0 N–H and O–H groups in total. The molecule has 1 spiro atoms. The standard InChI is InChI=1S/C30H47NO5SSi/c1-22-11-13-25(14-12-22)37(33,34)31-18-8-10-26-27(36-38(6,7)29(2,3)4)21-24-20-23(28(32)35-5)15-17-30(24,26)16-9-19-31/h11-15,24,26-27H,8-10,16-21H2,1-7H3/t24-,26-,27+,30-/m0/s1. The third kappa shape index (κ3) is 5.56. The number of methoxy groups -OCH3 is 1. The maximum atomic E-state index is 13.6. The van der Waals surface area contributed by atoms with E-state index in [1.54, 1.807) is 16.4 Å². The number of carbonyl (C=O) groups excluding carboxylic acids is 1. The van der Waals surface area contributed by atoms with Gasteiger partial charge in [0.25, 0.3) is 0 Å². The van der Waals surface area contributed by atoms with Gasteiger partial charge in [-0.3, -0.25) is 0 Å². The van der Waals surface area contributed by atoms with Gasteiger partial charge < -0.3 is 9.16 Å². The molecule has 2 aliphatic carbocycles. The Morgan fingerprint density at radius 1 is 1.11 bits per heavy atom. The predicted molar refractivity (Wildman–Crippen MR) is 154 cm³/mol. The summed E-state index contributed by atoms with van der Waals surface area (Å²) in [6.07, 6.45) is 8.32. The number of nitrogens with zero attached hydrogens (tertiary/aromatic N) is 1. The van der Waals surface area contributed by atoms with Crippen LogP contribution in [0, 0.1) is 24.2 Å². The highest BCUT2D eigenvalue weighted by molar-refractivity contribution is 7.89. The number of hydrogen-bond acceptors (Lipinski definition) is 5. The van der Waals surface area contributed by atoms with E-state index in [1.807, 2.05) is 19.1 Å². The van der Waals surface area contributed by atoms with Gasteiger partial charge in [0, 0.05) is 24.8 Å². The van der Waals surface area contributed by atoms with Gasteiger partial charge in [-0.05, 0) is 99.4 Å². The number of aryl methyl sites for hydroxylation is 1. The van der Waals surface area contributed by atoms with Crippen molar-refractivity contribution in [3.63, 3.8) is 0 Å². The Kier molecular flexibility index (Phi) is 8.40. The Hall–Kier alpha value is -1.48. The molecule has 4 atom stereocenters. The Bertz CT molecular complexity index is 1150. The molecule has 6 nitrogen and oxygen atoms in total. The van der Waals surface area contributed by atoms with Crippen molar-refractivity contribution in [3.05, 3.63) is 41.5 Å². The number of sulfonamides is 1.